The zero-order valence-electron chi connectivity index (χ0n) is 15.0. The lowest BCUT2D eigenvalue weighted by atomic mass is 9.87. The maximum atomic E-state index is 12.7. The molecule has 136 valence electrons. The van der Waals surface area contributed by atoms with E-state index in [-0.39, 0.29) is 12.5 Å². The third-order valence-corrected chi connectivity index (χ3v) is 5.63. The maximum Gasteiger partial charge on any atom is 0.272 e. The molecule has 26 heavy (non-hydrogen) atoms. The van der Waals surface area contributed by atoms with E-state index in [0.29, 0.717) is 17.4 Å². The molecule has 1 unspecified atom stereocenters. The van der Waals surface area contributed by atoms with Gasteiger partial charge in [-0.15, -0.1) is 0 Å². The van der Waals surface area contributed by atoms with Crippen LogP contribution in [0, 0.1) is 0 Å². The predicted molar refractivity (Wildman–Crippen MR) is 99.9 cm³/mol. The third-order valence-electron chi connectivity index (χ3n) is 5.63. The topological polar surface area (TPSA) is 56.7 Å². The highest BCUT2D eigenvalue weighted by molar-refractivity contribution is 5.92. The number of piperazine rings is 1. The van der Waals surface area contributed by atoms with Crippen molar-refractivity contribution in [2.45, 2.75) is 31.9 Å². The minimum Gasteiger partial charge on any atom is -0.390 e. The first-order chi connectivity index (χ1) is 12.7. The van der Waals surface area contributed by atoms with Crippen LogP contribution in [-0.4, -0.2) is 58.0 Å². The van der Waals surface area contributed by atoms with E-state index in [2.05, 4.69) is 34.1 Å². The number of carbonyl (C=O) groups is 1. The van der Waals surface area contributed by atoms with E-state index in [4.69, 9.17) is 0 Å². The summed E-state index contributed by atoms with van der Waals surface area (Å²) in [4.78, 5) is 21.3. The molecule has 5 heteroatoms. The average Bonchev–Trinajstić information content (AvgIpc) is 2.73. The van der Waals surface area contributed by atoms with E-state index < -0.39 is 0 Å². The summed E-state index contributed by atoms with van der Waals surface area (Å²) < 4.78 is 0. The van der Waals surface area contributed by atoms with Crippen LogP contribution in [-0.2, 0) is 19.4 Å². The zero-order chi connectivity index (χ0) is 17.9. The fourth-order valence-electron chi connectivity index (χ4n) is 4.13. The van der Waals surface area contributed by atoms with Crippen LogP contribution in [0.25, 0.3) is 0 Å². The summed E-state index contributed by atoms with van der Waals surface area (Å²) >= 11 is 0. The van der Waals surface area contributed by atoms with Crippen LogP contribution >= 0.6 is 0 Å². The highest BCUT2D eigenvalue weighted by atomic mass is 16.3. The number of fused-ring (bicyclic) bond motifs is 1. The summed E-state index contributed by atoms with van der Waals surface area (Å²) in [6.07, 6.45) is 3.47. The van der Waals surface area contributed by atoms with Crippen molar-refractivity contribution < 1.29 is 9.90 Å². The lowest BCUT2D eigenvalue weighted by molar-refractivity contribution is 0.0547. The molecule has 1 aliphatic heterocycles. The number of rotatable bonds is 3. The predicted octanol–water partition coefficient (Wildman–Crippen LogP) is 1.89. The quantitative estimate of drug-likeness (QED) is 0.918. The van der Waals surface area contributed by atoms with Gasteiger partial charge in [-0.2, -0.15) is 0 Å². The lowest BCUT2D eigenvalue weighted by Crippen LogP contribution is -2.53. The van der Waals surface area contributed by atoms with Gasteiger partial charge in [0.25, 0.3) is 5.91 Å². The Hall–Kier alpha value is -2.24. The van der Waals surface area contributed by atoms with E-state index >= 15 is 0 Å². The Morgan fingerprint density at radius 1 is 1.04 bits per heavy atom. The minimum atomic E-state index is -0.141. The molecule has 1 fully saturated rings. The van der Waals surface area contributed by atoms with Gasteiger partial charge in [-0.25, -0.2) is 4.98 Å². The van der Waals surface area contributed by atoms with Crippen molar-refractivity contribution in [3.8, 4) is 0 Å². The highest BCUT2D eigenvalue weighted by Gasteiger charge is 2.29. The summed E-state index contributed by atoms with van der Waals surface area (Å²) in [5, 5.41) is 9.21. The molecule has 1 atom stereocenters. The third kappa shape index (κ3) is 3.50. The lowest BCUT2D eigenvalue weighted by Gasteiger charge is -2.41. The number of amides is 1. The van der Waals surface area contributed by atoms with Gasteiger partial charge >= 0.3 is 0 Å². The monoisotopic (exact) mass is 351 g/mol. The van der Waals surface area contributed by atoms with Crippen LogP contribution in [0.3, 0.4) is 0 Å². The number of aryl methyl sites for hydroxylation is 1. The van der Waals surface area contributed by atoms with Gasteiger partial charge in [-0.3, -0.25) is 9.69 Å². The largest absolute Gasteiger partial charge is 0.390 e. The van der Waals surface area contributed by atoms with E-state index in [1.165, 1.54) is 17.5 Å². The maximum absolute atomic E-state index is 12.7. The molecule has 1 amide bonds. The second kappa shape index (κ2) is 7.56. The molecule has 1 saturated heterocycles. The highest BCUT2D eigenvalue weighted by Crippen LogP contribution is 2.25. The second-order valence-corrected chi connectivity index (χ2v) is 7.17. The van der Waals surface area contributed by atoms with Crippen molar-refractivity contribution in [3.63, 3.8) is 0 Å². The Bertz CT molecular complexity index is 784. The molecule has 0 spiro atoms. The first kappa shape index (κ1) is 17.2. The SMILES string of the molecule is O=C(c1cccc(CO)n1)N1CCN(C2CCc3ccccc3C2)CC1. The first-order valence-corrected chi connectivity index (χ1v) is 9.41. The molecule has 5 nitrogen and oxygen atoms in total. The number of nitrogens with zero attached hydrogens (tertiary/aromatic N) is 3. The van der Waals surface area contributed by atoms with Crippen molar-refractivity contribution >= 4 is 5.91 Å². The Morgan fingerprint density at radius 2 is 1.81 bits per heavy atom. The van der Waals surface area contributed by atoms with Gasteiger partial charge in [-0.05, 0) is 42.5 Å². The van der Waals surface area contributed by atoms with E-state index in [9.17, 15) is 9.90 Å². The van der Waals surface area contributed by atoms with Gasteiger partial charge in [-0.1, -0.05) is 30.3 Å². The molecule has 1 aromatic carbocycles. The molecular formula is C21H25N3O2. The number of carbonyl (C=O) groups excluding carboxylic acids is 1. The van der Waals surface area contributed by atoms with Crippen LogP contribution in [0.15, 0.2) is 42.5 Å². The first-order valence-electron chi connectivity index (χ1n) is 9.41. The van der Waals surface area contributed by atoms with Gasteiger partial charge < -0.3 is 10.0 Å². The number of benzene rings is 1. The van der Waals surface area contributed by atoms with E-state index in [1.54, 1.807) is 18.2 Å². The van der Waals surface area contributed by atoms with Crippen LogP contribution in [0.2, 0.25) is 0 Å². The summed E-state index contributed by atoms with van der Waals surface area (Å²) in [6, 6.07) is 14.6. The molecule has 0 bridgehead atoms. The van der Waals surface area contributed by atoms with Crippen LogP contribution in [0.5, 0.6) is 0 Å². The molecule has 1 N–H and O–H groups in total. The normalized spacial score (nSPS) is 20.7. The number of pyridine rings is 1. The van der Waals surface area contributed by atoms with Crippen LogP contribution in [0.4, 0.5) is 0 Å². The molecule has 1 aromatic heterocycles. The standard InChI is InChI=1S/C21H25N3O2/c25-15-18-6-3-7-20(22-18)21(26)24-12-10-23(11-13-24)19-9-8-16-4-1-2-5-17(16)14-19/h1-7,19,25H,8-15H2. The number of aromatic nitrogens is 1. The number of hydrogen-bond acceptors (Lipinski definition) is 4. The number of aliphatic hydroxyl groups is 1. The molecule has 2 aromatic rings. The second-order valence-electron chi connectivity index (χ2n) is 7.17. The molecule has 0 radical (unpaired) electrons. The Morgan fingerprint density at radius 3 is 2.58 bits per heavy atom. The average molecular weight is 351 g/mol. The summed E-state index contributed by atoms with van der Waals surface area (Å²) in [7, 11) is 0. The summed E-state index contributed by atoms with van der Waals surface area (Å²) in [5.41, 5.74) is 3.94. The van der Waals surface area contributed by atoms with Gasteiger partial charge in [0, 0.05) is 32.2 Å². The molecule has 2 aliphatic rings. The molecule has 2 heterocycles. The Kier molecular flexibility index (Phi) is 5.00. The smallest absolute Gasteiger partial charge is 0.272 e. The number of hydrogen-bond donors (Lipinski definition) is 1. The van der Waals surface area contributed by atoms with Crippen LogP contribution < -0.4 is 0 Å². The summed E-state index contributed by atoms with van der Waals surface area (Å²) in [6.45, 7) is 3.17. The van der Waals surface area contributed by atoms with Gasteiger partial charge in [0.2, 0.25) is 0 Å². The molecule has 0 saturated carbocycles. The number of aliphatic hydroxyl groups excluding tert-OH is 1. The fourth-order valence-corrected chi connectivity index (χ4v) is 4.13. The van der Waals surface area contributed by atoms with Crippen molar-refractivity contribution in [3.05, 3.63) is 65.0 Å². The van der Waals surface area contributed by atoms with Crippen molar-refractivity contribution in [2.75, 3.05) is 26.2 Å². The van der Waals surface area contributed by atoms with Gasteiger partial charge in [0.05, 0.1) is 12.3 Å². The van der Waals surface area contributed by atoms with Crippen molar-refractivity contribution in [2.24, 2.45) is 0 Å². The van der Waals surface area contributed by atoms with Crippen molar-refractivity contribution in [1.29, 1.82) is 0 Å². The Balaban J connectivity index is 1.36. The van der Waals surface area contributed by atoms with E-state index in [1.807, 2.05) is 4.90 Å². The van der Waals surface area contributed by atoms with Crippen LogP contribution in [0.1, 0.15) is 33.7 Å². The molecule has 1 aliphatic carbocycles. The van der Waals surface area contributed by atoms with Gasteiger partial charge in [0.1, 0.15) is 5.69 Å². The minimum absolute atomic E-state index is 0.0334. The molecular weight excluding hydrogens is 326 g/mol. The zero-order valence-corrected chi connectivity index (χ0v) is 15.0. The Labute approximate surface area is 154 Å². The van der Waals surface area contributed by atoms with Gasteiger partial charge in [0.15, 0.2) is 0 Å². The fraction of sp³-hybridized carbons (Fsp3) is 0.429. The summed E-state index contributed by atoms with van der Waals surface area (Å²) in [5.74, 6) is -0.0334. The van der Waals surface area contributed by atoms with Crippen molar-refractivity contribution in [1.82, 2.24) is 14.8 Å². The van der Waals surface area contributed by atoms with E-state index in [0.717, 1.165) is 39.0 Å². The molecule has 4 rings (SSSR count).